The molecule has 1 atom stereocenters. The van der Waals surface area contributed by atoms with E-state index in [0.29, 0.717) is 11.7 Å². The third kappa shape index (κ3) is 1.41. The summed E-state index contributed by atoms with van der Waals surface area (Å²) in [6.45, 7) is 0. The van der Waals surface area contributed by atoms with Crippen LogP contribution in [0.5, 0.6) is 0 Å². The van der Waals surface area contributed by atoms with Gasteiger partial charge >= 0.3 is 0 Å². The first kappa shape index (κ1) is 7.55. The number of aromatic nitrogens is 1. The van der Waals surface area contributed by atoms with Crippen molar-refractivity contribution in [3.05, 3.63) is 23.9 Å². The highest BCUT2D eigenvalue weighted by Crippen LogP contribution is 2.39. The van der Waals surface area contributed by atoms with E-state index in [-0.39, 0.29) is 6.04 Å². The summed E-state index contributed by atoms with van der Waals surface area (Å²) in [6.07, 6.45) is 4.22. The van der Waals surface area contributed by atoms with Gasteiger partial charge in [0.25, 0.3) is 0 Å². The first-order chi connectivity index (χ1) is 5.77. The second-order valence-electron chi connectivity index (χ2n) is 3.38. The molecule has 0 bridgehead atoms. The Morgan fingerprint density at radius 1 is 1.50 bits per heavy atom. The zero-order chi connectivity index (χ0) is 8.55. The summed E-state index contributed by atoms with van der Waals surface area (Å²) in [4.78, 5) is 3.92. The van der Waals surface area contributed by atoms with Crippen LogP contribution in [0.4, 0.5) is 5.82 Å². The molecule has 0 radical (unpaired) electrons. The quantitative estimate of drug-likeness (QED) is 0.685. The number of hydrogen-bond donors (Lipinski definition) is 2. The van der Waals surface area contributed by atoms with Crippen molar-refractivity contribution in [1.29, 1.82) is 0 Å². The highest BCUT2D eigenvalue weighted by molar-refractivity contribution is 5.34. The Hall–Kier alpha value is -1.09. The molecule has 0 spiro atoms. The standard InChI is InChI=1S/C9H13N3/c10-8-5-7(3-4-12-8)9(11)6-1-2-6/h3-6,9H,1-2,11H2,(H2,10,12). The van der Waals surface area contributed by atoms with E-state index in [2.05, 4.69) is 4.98 Å². The van der Waals surface area contributed by atoms with Gasteiger partial charge < -0.3 is 11.5 Å². The third-order valence-corrected chi connectivity index (χ3v) is 2.32. The normalized spacial score (nSPS) is 19.1. The second kappa shape index (κ2) is 2.75. The molecule has 1 aromatic rings. The molecule has 1 heterocycles. The van der Waals surface area contributed by atoms with Crippen LogP contribution >= 0.6 is 0 Å². The van der Waals surface area contributed by atoms with E-state index in [1.165, 1.54) is 12.8 Å². The van der Waals surface area contributed by atoms with Crippen LogP contribution in [0.2, 0.25) is 0 Å². The van der Waals surface area contributed by atoms with Crippen molar-refractivity contribution in [2.24, 2.45) is 11.7 Å². The van der Waals surface area contributed by atoms with Gasteiger partial charge in [0.05, 0.1) is 0 Å². The highest BCUT2D eigenvalue weighted by atomic mass is 14.8. The Morgan fingerprint density at radius 2 is 2.25 bits per heavy atom. The fraction of sp³-hybridized carbons (Fsp3) is 0.444. The van der Waals surface area contributed by atoms with E-state index in [0.717, 1.165) is 5.56 Å². The Morgan fingerprint density at radius 3 is 2.83 bits per heavy atom. The van der Waals surface area contributed by atoms with Gasteiger partial charge in [-0.15, -0.1) is 0 Å². The summed E-state index contributed by atoms with van der Waals surface area (Å²) < 4.78 is 0. The zero-order valence-corrected chi connectivity index (χ0v) is 6.90. The summed E-state index contributed by atoms with van der Waals surface area (Å²) in [5.74, 6) is 1.23. The first-order valence-corrected chi connectivity index (χ1v) is 4.24. The van der Waals surface area contributed by atoms with Gasteiger partial charge in [-0.3, -0.25) is 0 Å². The van der Waals surface area contributed by atoms with Crippen LogP contribution in [0.15, 0.2) is 18.3 Å². The molecule has 0 saturated heterocycles. The maximum absolute atomic E-state index is 5.99. The summed E-state index contributed by atoms with van der Waals surface area (Å²) in [6, 6.07) is 3.97. The molecule has 1 aliphatic rings. The number of nitrogen functional groups attached to an aromatic ring is 1. The molecule has 1 unspecified atom stereocenters. The Bertz CT molecular complexity index is 281. The molecular weight excluding hydrogens is 150 g/mol. The van der Waals surface area contributed by atoms with Gasteiger partial charge in [0.1, 0.15) is 5.82 Å². The van der Waals surface area contributed by atoms with Crippen molar-refractivity contribution in [3.8, 4) is 0 Å². The molecule has 0 aromatic carbocycles. The monoisotopic (exact) mass is 163 g/mol. The lowest BCUT2D eigenvalue weighted by atomic mass is 10.1. The predicted molar refractivity (Wildman–Crippen MR) is 48.3 cm³/mol. The zero-order valence-electron chi connectivity index (χ0n) is 6.90. The molecule has 3 nitrogen and oxygen atoms in total. The van der Waals surface area contributed by atoms with Crippen molar-refractivity contribution >= 4 is 5.82 Å². The molecule has 0 amide bonds. The number of nitrogens with two attached hydrogens (primary N) is 2. The smallest absolute Gasteiger partial charge is 0.123 e. The molecule has 2 rings (SSSR count). The minimum absolute atomic E-state index is 0.162. The molecule has 4 N–H and O–H groups in total. The first-order valence-electron chi connectivity index (χ1n) is 4.24. The van der Waals surface area contributed by atoms with E-state index in [4.69, 9.17) is 11.5 Å². The second-order valence-corrected chi connectivity index (χ2v) is 3.38. The summed E-state index contributed by atoms with van der Waals surface area (Å²) >= 11 is 0. The third-order valence-electron chi connectivity index (χ3n) is 2.32. The topological polar surface area (TPSA) is 64.9 Å². The Balaban J connectivity index is 2.20. The van der Waals surface area contributed by atoms with Crippen molar-refractivity contribution in [2.45, 2.75) is 18.9 Å². The molecule has 3 heteroatoms. The number of hydrogen-bond acceptors (Lipinski definition) is 3. The fourth-order valence-corrected chi connectivity index (χ4v) is 1.40. The van der Waals surface area contributed by atoms with Crippen molar-refractivity contribution < 1.29 is 0 Å². The van der Waals surface area contributed by atoms with Crippen LogP contribution in [0, 0.1) is 5.92 Å². The largest absolute Gasteiger partial charge is 0.384 e. The van der Waals surface area contributed by atoms with Crippen LogP contribution in [0.3, 0.4) is 0 Å². The maximum atomic E-state index is 5.99. The lowest BCUT2D eigenvalue weighted by Gasteiger charge is -2.09. The average molecular weight is 163 g/mol. The lowest BCUT2D eigenvalue weighted by molar-refractivity contribution is 0.633. The number of pyridine rings is 1. The van der Waals surface area contributed by atoms with Gasteiger partial charge in [0, 0.05) is 12.2 Å². The Kier molecular flexibility index (Phi) is 1.73. The van der Waals surface area contributed by atoms with Crippen LogP contribution in [-0.4, -0.2) is 4.98 Å². The van der Waals surface area contributed by atoms with Crippen LogP contribution in [0.1, 0.15) is 24.4 Å². The highest BCUT2D eigenvalue weighted by Gasteiger charge is 2.29. The van der Waals surface area contributed by atoms with Crippen molar-refractivity contribution in [1.82, 2.24) is 4.98 Å². The van der Waals surface area contributed by atoms with Crippen molar-refractivity contribution in [2.75, 3.05) is 5.73 Å². The van der Waals surface area contributed by atoms with E-state index < -0.39 is 0 Å². The Labute approximate surface area is 71.8 Å². The minimum Gasteiger partial charge on any atom is -0.384 e. The van der Waals surface area contributed by atoms with E-state index in [9.17, 15) is 0 Å². The molecule has 64 valence electrons. The fourth-order valence-electron chi connectivity index (χ4n) is 1.40. The molecule has 1 aromatic heterocycles. The van der Waals surface area contributed by atoms with Crippen LogP contribution in [-0.2, 0) is 0 Å². The van der Waals surface area contributed by atoms with E-state index in [1.807, 2.05) is 12.1 Å². The van der Waals surface area contributed by atoms with Gasteiger partial charge in [0.2, 0.25) is 0 Å². The van der Waals surface area contributed by atoms with Crippen LogP contribution < -0.4 is 11.5 Å². The van der Waals surface area contributed by atoms with Gasteiger partial charge in [0.15, 0.2) is 0 Å². The summed E-state index contributed by atoms with van der Waals surface area (Å²) in [5.41, 5.74) is 12.7. The maximum Gasteiger partial charge on any atom is 0.123 e. The molecule has 12 heavy (non-hydrogen) atoms. The van der Waals surface area contributed by atoms with Gasteiger partial charge in [-0.25, -0.2) is 4.98 Å². The number of rotatable bonds is 2. The molecule has 0 aliphatic heterocycles. The van der Waals surface area contributed by atoms with E-state index >= 15 is 0 Å². The number of nitrogens with zero attached hydrogens (tertiary/aromatic N) is 1. The van der Waals surface area contributed by atoms with Crippen LogP contribution in [0.25, 0.3) is 0 Å². The molecule has 1 fully saturated rings. The molecular formula is C9H13N3. The number of anilines is 1. The predicted octanol–water partition coefficient (Wildman–Crippen LogP) is 1.07. The average Bonchev–Trinajstić information content (AvgIpc) is 2.85. The van der Waals surface area contributed by atoms with E-state index in [1.54, 1.807) is 6.20 Å². The summed E-state index contributed by atoms with van der Waals surface area (Å²) in [7, 11) is 0. The van der Waals surface area contributed by atoms with Crippen molar-refractivity contribution in [3.63, 3.8) is 0 Å². The SMILES string of the molecule is Nc1cc(C(N)C2CC2)ccn1. The minimum atomic E-state index is 0.162. The van der Waals surface area contributed by atoms with Gasteiger partial charge in [-0.05, 0) is 36.5 Å². The molecule has 1 aliphatic carbocycles. The lowest BCUT2D eigenvalue weighted by Crippen LogP contribution is -2.12. The van der Waals surface area contributed by atoms with Gasteiger partial charge in [-0.2, -0.15) is 0 Å². The summed E-state index contributed by atoms with van der Waals surface area (Å²) in [5, 5.41) is 0. The molecule has 1 saturated carbocycles. The van der Waals surface area contributed by atoms with Gasteiger partial charge in [-0.1, -0.05) is 0 Å².